The van der Waals surface area contributed by atoms with E-state index in [0.717, 1.165) is 22.5 Å². The van der Waals surface area contributed by atoms with Crippen LogP contribution in [0, 0.1) is 36.5 Å². The van der Waals surface area contributed by atoms with E-state index in [1.54, 1.807) is 12.1 Å². The van der Waals surface area contributed by atoms with Crippen molar-refractivity contribution in [3.63, 3.8) is 0 Å². The number of nitriles is 2. The molecule has 20 heavy (non-hydrogen) atoms. The lowest BCUT2D eigenvalue weighted by Crippen LogP contribution is -2.05. The molecule has 4 nitrogen and oxygen atoms in total. The van der Waals surface area contributed by atoms with Gasteiger partial charge in [-0.15, -0.1) is 0 Å². The Morgan fingerprint density at radius 3 is 2.20 bits per heavy atom. The molecule has 2 aromatic rings. The maximum absolute atomic E-state index is 9.39. The van der Waals surface area contributed by atoms with Crippen LogP contribution in [0.3, 0.4) is 0 Å². The normalized spacial score (nSPS) is 10.1. The molecule has 1 aromatic heterocycles. The Kier molecular flexibility index (Phi) is 3.89. The van der Waals surface area contributed by atoms with Crippen LogP contribution in [0.25, 0.3) is 11.1 Å². The van der Waals surface area contributed by atoms with E-state index in [-0.39, 0.29) is 6.61 Å². The summed E-state index contributed by atoms with van der Waals surface area (Å²) in [5.41, 5.74) is 4.83. The number of aliphatic hydroxyl groups excluding tert-OH is 1. The molecule has 4 heteroatoms. The molecule has 0 bridgehead atoms. The van der Waals surface area contributed by atoms with Crippen LogP contribution in [0.2, 0.25) is 0 Å². The minimum atomic E-state index is 0.0358. The summed E-state index contributed by atoms with van der Waals surface area (Å²) < 4.78 is 1.95. The molecule has 2 rings (SSSR count). The fourth-order valence-electron chi connectivity index (χ4n) is 2.52. The first-order chi connectivity index (χ1) is 9.63. The second-order valence-corrected chi connectivity index (χ2v) is 4.60. The third kappa shape index (κ3) is 2.18. The second kappa shape index (κ2) is 5.61. The average molecular weight is 265 g/mol. The number of nitrogens with zero attached hydrogens (tertiary/aromatic N) is 3. The molecule has 0 aliphatic carbocycles. The summed E-state index contributed by atoms with van der Waals surface area (Å²) >= 11 is 0. The number of hydrogen-bond donors (Lipinski definition) is 1. The first kappa shape index (κ1) is 13.9. The van der Waals surface area contributed by atoms with Crippen LogP contribution in [0.1, 0.15) is 22.5 Å². The van der Waals surface area contributed by atoms with Gasteiger partial charge in [-0.05, 0) is 31.5 Å². The summed E-state index contributed by atoms with van der Waals surface area (Å²) in [6.07, 6.45) is 0. The molecule has 100 valence electrons. The van der Waals surface area contributed by atoms with E-state index in [1.807, 2.05) is 30.5 Å². The minimum absolute atomic E-state index is 0.0358. The highest BCUT2D eigenvalue weighted by atomic mass is 16.3. The SMILES string of the molecule is Cc1c(C#N)c(-c2ccc(C#N)cc2)c(C)n1CCO. The molecule has 1 aromatic carbocycles. The Balaban J connectivity index is 2.64. The van der Waals surface area contributed by atoms with Gasteiger partial charge >= 0.3 is 0 Å². The van der Waals surface area contributed by atoms with Gasteiger partial charge in [0.25, 0.3) is 0 Å². The summed E-state index contributed by atoms with van der Waals surface area (Å²) in [4.78, 5) is 0. The van der Waals surface area contributed by atoms with Crippen LogP contribution in [-0.2, 0) is 6.54 Å². The molecule has 0 radical (unpaired) electrons. The third-order valence-electron chi connectivity index (χ3n) is 3.52. The van der Waals surface area contributed by atoms with Crippen LogP contribution >= 0.6 is 0 Å². The Morgan fingerprint density at radius 1 is 1.05 bits per heavy atom. The predicted octanol–water partition coefficient (Wildman–Crippen LogP) is 2.51. The first-order valence-corrected chi connectivity index (χ1v) is 6.35. The first-order valence-electron chi connectivity index (χ1n) is 6.35. The van der Waals surface area contributed by atoms with Crippen molar-refractivity contribution in [1.29, 1.82) is 10.5 Å². The van der Waals surface area contributed by atoms with Gasteiger partial charge in [0.1, 0.15) is 6.07 Å². The summed E-state index contributed by atoms with van der Waals surface area (Å²) in [6.45, 7) is 4.34. The fourth-order valence-corrected chi connectivity index (χ4v) is 2.52. The lowest BCUT2D eigenvalue weighted by Gasteiger charge is -2.07. The summed E-state index contributed by atoms with van der Waals surface area (Å²) in [5, 5.41) is 27.4. The van der Waals surface area contributed by atoms with Crippen molar-refractivity contribution in [2.75, 3.05) is 6.61 Å². The molecule has 1 N–H and O–H groups in total. The summed E-state index contributed by atoms with van der Waals surface area (Å²) in [6, 6.07) is 11.5. The van der Waals surface area contributed by atoms with E-state index in [4.69, 9.17) is 10.4 Å². The lowest BCUT2D eigenvalue weighted by atomic mass is 10.0. The standard InChI is InChI=1S/C16H15N3O/c1-11-15(10-18)16(12(2)19(11)7-8-20)14-5-3-13(9-17)4-6-14/h3-6,20H,7-8H2,1-2H3. The maximum atomic E-state index is 9.39. The van der Waals surface area contributed by atoms with Gasteiger partial charge < -0.3 is 9.67 Å². The zero-order chi connectivity index (χ0) is 14.7. The molecule has 0 amide bonds. The maximum Gasteiger partial charge on any atom is 0.102 e. The van der Waals surface area contributed by atoms with E-state index in [0.29, 0.717) is 17.7 Å². The van der Waals surface area contributed by atoms with Crippen LogP contribution in [0.15, 0.2) is 24.3 Å². The van der Waals surface area contributed by atoms with Crippen molar-refractivity contribution >= 4 is 0 Å². The van der Waals surface area contributed by atoms with Gasteiger partial charge in [0, 0.05) is 23.5 Å². The number of benzene rings is 1. The molecule has 0 aliphatic heterocycles. The summed E-state index contributed by atoms with van der Waals surface area (Å²) in [5.74, 6) is 0. The fraction of sp³-hybridized carbons (Fsp3) is 0.250. The number of aromatic nitrogens is 1. The molecule has 0 fully saturated rings. The Labute approximate surface area is 118 Å². The van der Waals surface area contributed by atoms with Crippen LogP contribution in [0.4, 0.5) is 0 Å². The lowest BCUT2D eigenvalue weighted by molar-refractivity contribution is 0.274. The van der Waals surface area contributed by atoms with Gasteiger partial charge in [0.05, 0.1) is 23.8 Å². The molecular weight excluding hydrogens is 250 g/mol. The average Bonchev–Trinajstić information content (AvgIpc) is 2.71. The van der Waals surface area contributed by atoms with E-state index in [1.165, 1.54) is 0 Å². The molecule has 1 heterocycles. The zero-order valence-corrected chi connectivity index (χ0v) is 11.5. The highest BCUT2D eigenvalue weighted by molar-refractivity contribution is 5.75. The van der Waals surface area contributed by atoms with Crippen molar-refractivity contribution in [2.45, 2.75) is 20.4 Å². The summed E-state index contributed by atoms with van der Waals surface area (Å²) in [7, 11) is 0. The number of aliphatic hydroxyl groups is 1. The Hall–Kier alpha value is -2.56. The second-order valence-electron chi connectivity index (χ2n) is 4.60. The van der Waals surface area contributed by atoms with Crippen LogP contribution in [-0.4, -0.2) is 16.3 Å². The van der Waals surface area contributed by atoms with E-state index in [9.17, 15) is 5.26 Å². The van der Waals surface area contributed by atoms with Gasteiger partial charge in [0.2, 0.25) is 0 Å². The van der Waals surface area contributed by atoms with Gasteiger partial charge in [-0.1, -0.05) is 12.1 Å². The smallest absolute Gasteiger partial charge is 0.102 e. The predicted molar refractivity (Wildman–Crippen MR) is 75.9 cm³/mol. The van der Waals surface area contributed by atoms with E-state index >= 15 is 0 Å². The molecule has 0 saturated heterocycles. The van der Waals surface area contributed by atoms with E-state index in [2.05, 4.69) is 12.1 Å². The van der Waals surface area contributed by atoms with Gasteiger partial charge in [-0.25, -0.2) is 0 Å². The van der Waals surface area contributed by atoms with Crippen LogP contribution < -0.4 is 0 Å². The molecule has 0 unspecified atom stereocenters. The van der Waals surface area contributed by atoms with Crippen molar-refractivity contribution in [3.05, 3.63) is 46.8 Å². The monoisotopic (exact) mass is 265 g/mol. The Bertz CT molecular complexity index is 712. The molecular formula is C16H15N3O. The van der Waals surface area contributed by atoms with Crippen molar-refractivity contribution < 1.29 is 5.11 Å². The number of rotatable bonds is 3. The topological polar surface area (TPSA) is 72.7 Å². The Morgan fingerprint density at radius 2 is 1.70 bits per heavy atom. The van der Waals surface area contributed by atoms with E-state index < -0.39 is 0 Å². The van der Waals surface area contributed by atoms with Crippen molar-refractivity contribution in [3.8, 4) is 23.3 Å². The molecule has 0 aliphatic rings. The quantitative estimate of drug-likeness (QED) is 0.926. The highest BCUT2D eigenvalue weighted by Crippen LogP contribution is 2.31. The van der Waals surface area contributed by atoms with Crippen molar-refractivity contribution in [2.24, 2.45) is 0 Å². The molecule has 0 saturated carbocycles. The van der Waals surface area contributed by atoms with Gasteiger partial charge in [-0.3, -0.25) is 0 Å². The van der Waals surface area contributed by atoms with Crippen LogP contribution in [0.5, 0.6) is 0 Å². The largest absolute Gasteiger partial charge is 0.395 e. The third-order valence-corrected chi connectivity index (χ3v) is 3.52. The molecule has 0 atom stereocenters. The highest BCUT2D eigenvalue weighted by Gasteiger charge is 2.18. The van der Waals surface area contributed by atoms with Crippen molar-refractivity contribution in [1.82, 2.24) is 4.57 Å². The van der Waals surface area contributed by atoms with Gasteiger partial charge in [-0.2, -0.15) is 10.5 Å². The minimum Gasteiger partial charge on any atom is -0.395 e. The van der Waals surface area contributed by atoms with Gasteiger partial charge in [0.15, 0.2) is 0 Å². The zero-order valence-electron chi connectivity index (χ0n) is 11.5. The molecule has 0 spiro atoms. The number of hydrogen-bond acceptors (Lipinski definition) is 3.